The first-order valence-electron chi connectivity index (χ1n) is 12.0. The van der Waals surface area contributed by atoms with Crippen LogP contribution < -0.4 is 16.2 Å². The Bertz CT molecular complexity index is 1480. The number of benzene rings is 1. The largest absolute Gasteiger partial charge is 0.356 e. The number of carbonyl (C=O) groups is 1. The molecule has 0 radical (unpaired) electrons. The molecule has 1 aromatic carbocycles. The predicted molar refractivity (Wildman–Crippen MR) is 141 cm³/mol. The van der Waals surface area contributed by atoms with Gasteiger partial charge in [0.05, 0.1) is 27.7 Å². The predicted octanol–water partition coefficient (Wildman–Crippen LogP) is 5.40. The number of hydrogen-bond acceptors (Lipinski definition) is 5. The van der Waals surface area contributed by atoms with E-state index in [9.17, 15) is 14.0 Å². The van der Waals surface area contributed by atoms with Gasteiger partial charge in [-0.05, 0) is 68.1 Å². The number of fused-ring (bicyclic) bond motifs is 1. The van der Waals surface area contributed by atoms with Crippen molar-refractivity contribution in [3.63, 3.8) is 0 Å². The van der Waals surface area contributed by atoms with E-state index in [2.05, 4.69) is 25.6 Å². The molecule has 0 fully saturated rings. The topological polar surface area (TPSA) is 99.8 Å². The number of H-pyrrole nitrogens is 1. The summed E-state index contributed by atoms with van der Waals surface area (Å²) in [5.41, 5.74) is 2.32. The maximum absolute atomic E-state index is 14.9. The van der Waals surface area contributed by atoms with Crippen LogP contribution in [0.3, 0.4) is 0 Å². The van der Waals surface area contributed by atoms with E-state index in [1.807, 2.05) is 40.7 Å². The second kappa shape index (κ2) is 9.89. The number of nitrogens with one attached hydrogen (secondary N) is 3. The minimum Gasteiger partial charge on any atom is -0.356 e. The number of likely N-dealkylation sites (N-methyl/N-ethyl adjacent to an activating group) is 1. The van der Waals surface area contributed by atoms with Crippen molar-refractivity contribution >= 4 is 28.3 Å². The lowest BCUT2D eigenvalue weighted by molar-refractivity contribution is -0.125. The number of aromatic amines is 1. The van der Waals surface area contributed by atoms with E-state index < -0.39 is 11.2 Å². The van der Waals surface area contributed by atoms with Gasteiger partial charge >= 0.3 is 0 Å². The molecule has 0 atom stereocenters. The van der Waals surface area contributed by atoms with Crippen molar-refractivity contribution in [2.24, 2.45) is 0 Å². The highest BCUT2D eigenvalue weighted by Gasteiger charge is 2.29. The van der Waals surface area contributed by atoms with Crippen LogP contribution in [0.4, 0.5) is 15.9 Å². The maximum Gasteiger partial charge on any atom is 0.259 e. The molecule has 0 aliphatic heterocycles. The Labute approximate surface area is 209 Å². The van der Waals surface area contributed by atoms with Crippen molar-refractivity contribution in [2.75, 3.05) is 11.9 Å². The van der Waals surface area contributed by atoms with Crippen LogP contribution in [0.5, 0.6) is 0 Å². The number of amides is 1. The number of rotatable bonds is 7. The highest BCUT2D eigenvalue weighted by molar-refractivity contribution is 5.94. The molecule has 0 saturated carbocycles. The van der Waals surface area contributed by atoms with Gasteiger partial charge in [0.2, 0.25) is 5.91 Å². The monoisotopic (exact) mass is 487 g/mol. The summed E-state index contributed by atoms with van der Waals surface area (Å²) in [5, 5.41) is 6.38. The molecule has 0 saturated heterocycles. The van der Waals surface area contributed by atoms with Gasteiger partial charge in [-0.25, -0.2) is 14.4 Å². The fourth-order valence-electron chi connectivity index (χ4n) is 4.02. The van der Waals surface area contributed by atoms with E-state index >= 15 is 0 Å². The summed E-state index contributed by atoms with van der Waals surface area (Å²) >= 11 is 0. The summed E-state index contributed by atoms with van der Waals surface area (Å²) in [6.45, 7) is 10.2. The van der Waals surface area contributed by atoms with Gasteiger partial charge in [0.15, 0.2) is 0 Å². The summed E-state index contributed by atoms with van der Waals surface area (Å²) in [7, 11) is 0. The van der Waals surface area contributed by atoms with Crippen LogP contribution >= 0.6 is 0 Å². The number of nitrogens with zero attached hydrogens (tertiary/aromatic N) is 2. The number of aromatic nitrogens is 3. The van der Waals surface area contributed by atoms with Gasteiger partial charge in [-0.2, -0.15) is 0 Å². The smallest absolute Gasteiger partial charge is 0.259 e. The van der Waals surface area contributed by atoms with Crippen molar-refractivity contribution in [1.29, 1.82) is 0 Å². The molecular weight excluding hydrogens is 457 g/mol. The molecule has 0 spiro atoms. The molecule has 1 amide bonds. The first-order valence-corrected chi connectivity index (χ1v) is 12.0. The second-order valence-electron chi connectivity index (χ2n) is 9.56. The van der Waals surface area contributed by atoms with Gasteiger partial charge in [0.1, 0.15) is 11.6 Å². The molecule has 0 aliphatic rings. The Morgan fingerprint density at radius 1 is 1.14 bits per heavy atom. The van der Waals surface area contributed by atoms with Gasteiger partial charge < -0.3 is 15.6 Å². The fourth-order valence-corrected chi connectivity index (χ4v) is 4.02. The highest BCUT2D eigenvalue weighted by atomic mass is 19.1. The lowest BCUT2D eigenvalue weighted by atomic mass is 9.84. The Morgan fingerprint density at radius 2 is 1.92 bits per heavy atom. The zero-order chi connectivity index (χ0) is 26.0. The van der Waals surface area contributed by atoms with Crippen LogP contribution in [0.15, 0.2) is 59.7 Å². The molecule has 8 heteroatoms. The van der Waals surface area contributed by atoms with Crippen molar-refractivity contribution in [1.82, 2.24) is 20.3 Å². The van der Waals surface area contributed by atoms with E-state index in [1.54, 1.807) is 36.5 Å². The van der Waals surface area contributed by atoms with E-state index in [-0.39, 0.29) is 17.4 Å². The summed E-state index contributed by atoms with van der Waals surface area (Å²) in [6.07, 6.45) is 3.15. The van der Waals surface area contributed by atoms with Gasteiger partial charge in [0.25, 0.3) is 5.56 Å². The number of anilines is 2. The lowest BCUT2D eigenvalue weighted by Crippen LogP contribution is -2.39. The van der Waals surface area contributed by atoms with Crippen LogP contribution in [-0.4, -0.2) is 27.4 Å². The summed E-state index contributed by atoms with van der Waals surface area (Å²) < 4.78 is 14.9. The van der Waals surface area contributed by atoms with E-state index in [0.29, 0.717) is 40.2 Å². The van der Waals surface area contributed by atoms with E-state index in [0.717, 1.165) is 11.1 Å². The molecule has 7 nitrogen and oxygen atoms in total. The molecule has 36 heavy (non-hydrogen) atoms. The molecular formula is C28H30FN5O2. The third-order valence-electron chi connectivity index (χ3n) is 6.32. The minimum absolute atomic E-state index is 0.0885. The Hall–Kier alpha value is -4.07. The first-order chi connectivity index (χ1) is 17.1. The molecule has 186 valence electrons. The summed E-state index contributed by atoms with van der Waals surface area (Å²) in [4.78, 5) is 36.9. The van der Waals surface area contributed by atoms with Gasteiger partial charge in [-0.3, -0.25) is 9.59 Å². The standard InChI is InChI=1S/C28H30FN5O2/c1-6-30-27(36)28(4,5)18-8-10-24(32-15-18)34-23-14-22(33-21-11-12-31-26(35)25(21)23)19-13-17(16(2)3)7-9-20(19)29/h7-16H,6H2,1-5H3,(H,30,36)(H,31,35)(H,32,33,34). The van der Waals surface area contributed by atoms with Crippen LogP contribution in [0.2, 0.25) is 0 Å². The van der Waals surface area contributed by atoms with Crippen molar-refractivity contribution in [3.8, 4) is 11.3 Å². The van der Waals surface area contributed by atoms with E-state index in [1.165, 1.54) is 12.3 Å². The maximum atomic E-state index is 14.9. The Morgan fingerprint density at radius 3 is 2.58 bits per heavy atom. The highest BCUT2D eigenvalue weighted by Crippen LogP contribution is 2.32. The number of carbonyl (C=O) groups excluding carboxylic acids is 1. The molecule has 0 aliphatic carbocycles. The average Bonchev–Trinajstić information content (AvgIpc) is 2.84. The summed E-state index contributed by atoms with van der Waals surface area (Å²) in [5.74, 6) is 0.215. The third-order valence-corrected chi connectivity index (χ3v) is 6.32. The number of halogens is 1. The zero-order valence-electron chi connectivity index (χ0n) is 21.1. The normalized spacial score (nSPS) is 11.6. The quantitative estimate of drug-likeness (QED) is 0.324. The van der Waals surface area contributed by atoms with Gasteiger partial charge in [-0.1, -0.05) is 26.0 Å². The van der Waals surface area contributed by atoms with E-state index in [4.69, 9.17) is 0 Å². The van der Waals surface area contributed by atoms with Crippen molar-refractivity contribution in [3.05, 3.63) is 82.2 Å². The number of hydrogen-bond donors (Lipinski definition) is 3. The molecule has 0 bridgehead atoms. The molecule has 3 N–H and O–H groups in total. The van der Waals surface area contributed by atoms with Crippen molar-refractivity contribution in [2.45, 2.75) is 46.0 Å². The fraction of sp³-hybridized carbons (Fsp3) is 0.286. The third kappa shape index (κ3) is 4.84. The Balaban J connectivity index is 1.77. The molecule has 4 aromatic rings. The van der Waals surface area contributed by atoms with Gasteiger partial charge in [-0.15, -0.1) is 0 Å². The van der Waals surface area contributed by atoms with Crippen LogP contribution in [0.1, 0.15) is 51.7 Å². The average molecular weight is 488 g/mol. The number of pyridine rings is 3. The van der Waals surface area contributed by atoms with Crippen molar-refractivity contribution < 1.29 is 9.18 Å². The minimum atomic E-state index is -0.756. The molecule has 4 rings (SSSR count). The zero-order valence-corrected chi connectivity index (χ0v) is 21.1. The van der Waals surface area contributed by atoms with Gasteiger partial charge in [0, 0.05) is 24.5 Å². The summed E-state index contributed by atoms with van der Waals surface area (Å²) in [6, 6.07) is 11.9. The van der Waals surface area contributed by atoms with Crippen LogP contribution in [-0.2, 0) is 10.2 Å². The lowest BCUT2D eigenvalue weighted by Gasteiger charge is -2.23. The second-order valence-corrected chi connectivity index (χ2v) is 9.56. The molecule has 3 heterocycles. The molecule has 0 unspecified atom stereocenters. The SMILES string of the molecule is CCNC(=O)C(C)(C)c1ccc(Nc2cc(-c3cc(C(C)C)ccc3F)nc3cc[nH]c(=O)c23)nc1. The first kappa shape index (κ1) is 25.0. The van der Waals surface area contributed by atoms with Crippen LogP contribution in [0, 0.1) is 5.82 Å². The molecule has 3 aromatic heterocycles. The Kier molecular flexibility index (Phi) is 6.88. The van der Waals surface area contributed by atoms with Crippen LogP contribution in [0.25, 0.3) is 22.2 Å².